The highest BCUT2D eigenvalue weighted by Crippen LogP contribution is 2.21. The predicted octanol–water partition coefficient (Wildman–Crippen LogP) is 4.33. The highest BCUT2D eigenvalue weighted by atomic mass is 35.5. The fourth-order valence-electron chi connectivity index (χ4n) is 2.58. The van der Waals surface area contributed by atoms with Crippen molar-refractivity contribution < 1.29 is 17.4 Å². The topological polar surface area (TPSA) is 96.3 Å². The molecule has 0 spiro atoms. The van der Waals surface area contributed by atoms with Gasteiger partial charge in [0.15, 0.2) is 0 Å². The minimum atomic E-state index is -4.01. The van der Waals surface area contributed by atoms with Crippen molar-refractivity contribution in [3.63, 3.8) is 0 Å². The first-order chi connectivity index (χ1) is 14.9. The van der Waals surface area contributed by atoms with E-state index in [0.29, 0.717) is 17.1 Å². The van der Waals surface area contributed by atoms with Crippen molar-refractivity contribution in [2.75, 3.05) is 0 Å². The van der Waals surface area contributed by atoms with E-state index in [2.05, 4.69) is 5.32 Å². The Hall–Kier alpha value is -3.60. The summed E-state index contributed by atoms with van der Waals surface area (Å²) in [6.45, 7) is 0.300. The van der Waals surface area contributed by atoms with Gasteiger partial charge in [-0.3, -0.25) is 4.79 Å². The molecule has 3 rings (SSSR count). The van der Waals surface area contributed by atoms with Crippen molar-refractivity contribution in [3.05, 3.63) is 101 Å². The predicted molar refractivity (Wildman–Crippen MR) is 118 cm³/mol. The largest absolute Gasteiger partial charge is 0.379 e. The normalized spacial score (nSPS) is 11.4. The molecule has 0 heterocycles. The van der Waals surface area contributed by atoms with Gasteiger partial charge in [0, 0.05) is 11.6 Å². The Balaban J connectivity index is 1.68. The van der Waals surface area contributed by atoms with Crippen LogP contribution in [0.1, 0.15) is 11.1 Å². The summed E-state index contributed by atoms with van der Waals surface area (Å²) < 4.78 is 29.8. The van der Waals surface area contributed by atoms with Crippen LogP contribution in [0, 0.1) is 11.3 Å². The lowest BCUT2D eigenvalue weighted by Gasteiger charge is -2.07. The molecule has 0 unspecified atom stereocenters. The number of rotatable bonds is 7. The molecule has 8 heteroatoms. The molecule has 0 aliphatic rings. The Morgan fingerprint density at radius 2 is 1.65 bits per heavy atom. The first kappa shape index (κ1) is 22.1. The molecule has 0 radical (unpaired) electrons. The number of halogens is 1. The summed E-state index contributed by atoms with van der Waals surface area (Å²) in [5.41, 5.74) is 1.39. The Labute approximate surface area is 185 Å². The van der Waals surface area contributed by atoms with Crippen LogP contribution >= 0.6 is 11.6 Å². The van der Waals surface area contributed by atoms with E-state index in [4.69, 9.17) is 15.8 Å². The van der Waals surface area contributed by atoms with Crippen LogP contribution in [0.3, 0.4) is 0 Å². The number of benzene rings is 3. The highest BCUT2D eigenvalue weighted by molar-refractivity contribution is 7.87. The zero-order chi connectivity index (χ0) is 22.3. The van der Waals surface area contributed by atoms with Crippen molar-refractivity contribution in [1.82, 2.24) is 5.32 Å². The minimum absolute atomic E-state index is 0.0253. The fourth-order valence-corrected chi connectivity index (χ4v) is 3.64. The first-order valence-electron chi connectivity index (χ1n) is 9.11. The van der Waals surface area contributed by atoms with Crippen LogP contribution in [0.15, 0.2) is 89.3 Å². The quantitative estimate of drug-likeness (QED) is 0.327. The molecule has 0 aliphatic heterocycles. The number of amides is 1. The smallest absolute Gasteiger partial charge is 0.339 e. The van der Waals surface area contributed by atoms with Crippen molar-refractivity contribution in [2.45, 2.75) is 11.4 Å². The maximum Gasteiger partial charge on any atom is 0.339 e. The number of hydrogen-bond acceptors (Lipinski definition) is 5. The SMILES string of the molecule is N#C/C(=C\c1ccc(OS(=O)(=O)c2ccc(Cl)cc2)cc1)C(=O)NCc1ccccc1. The number of hydrogen-bond donors (Lipinski definition) is 1. The molecule has 31 heavy (non-hydrogen) atoms. The van der Waals surface area contributed by atoms with Crippen molar-refractivity contribution >= 4 is 33.7 Å². The zero-order valence-electron chi connectivity index (χ0n) is 16.2. The Kier molecular flexibility index (Phi) is 7.08. The van der Waals surface area contributed by atoms with Crippen LogP contribution in [0.2, 0.25) is 5.02 Å². The van der Waals surface area contributed by atoms with E-state index in [1.54, 1.807) is 12.1 Å². The summed E-state index contributed by atoms with van der Waals surface area (Å²) in [7, 11) is -4.01. The maximum absolute atomic E-state index is 12.3. The average molecular weight is 453 g/mol. The molecule has 0 aliphatic carbocycles. The van der Waals surface area contributed by atoms with E-state index >= 15 is 0 Å². The van der Waals surface area contributed by atoms with E-state index in [1.165, 1.54) is 42.5 Å². The molecule has 3 aromatic carbocycles. The average Bonchev–Trinajstić information content (AvgIpc) is 2.77. The van der Waals surface area contributed by atoms with Crippen molar-refractivity contribution in [3.8, 4) is 11.8 Å². The van der Waals surface area contributed by atoms with Gasteiger partial charge in [0.2, 0.25) is 0 Å². The zero-order valence-corrected chi connectivity index (χ0v) is 17.7. The Morgan fingerprint density at radius 3 is 2.26 bits per heavy atom. The van der Waals surface area contributed by atoms with Gasteiger partial charge in [0.05, 0.1) is 0 Å². The third-order valence-corrected chi connectivity index (χ3v) is 5.67. The highest BCUT2D eigenvalue weighted by Gasteiger charge is 2.16. The van der Waals surface area contributed by atoms with E-state index in [-0.39, 0.29) is 16.2 Å². The van der Waals surface area contributed by atoms with Gasteiger partial charge in [-0.25, -0.2) is 0 Å². The Morgan fingerprint density at radius 1 is 1.00 bits per heavy atom. The molecule has 6 nitrogen and oxygen atoms in total. The number of nitriles is 1. The molecule has 1 N–H and O–H groups in total. The number of carbonyl (C=O) groups excluding carboxylic acids is 1. The fraction of sp³-hybridized carbons (Fsp3) is 0.0435. The third-order valence-electron chi connectivity index (χ3n) is 4.16. The van der Waals surface area contributed by atoms with Crippen LogP contribution < -0.4 is 9.50 Å². The van der Waals surface area contributed by atoms with Gasteiger partial charge in [-0.1, -0.05) is 54.1 Å². The van der Waals surface area contributed by atoms with Gasteiger partial charge in [-0.05, 0) is 53.6 Å². The second-order valence-electron chi connectivity index (χ2n) is 6.40. The molecular formula is C23H17ClN2O4S. The summed E-state index contributed by atoms with van der Waals surface area (Å²) in [4.78, 5) is 12.2. The van der Waals surface area contributed by atoms with Crippen LogP contribution in [0.4, 0.5) is 0 Å². The van der Waals surface area contributed by atoms with Crippen molar-refractivity contribution in [2.24, 2.45) is 0 Å². The van der Waals surface area contributed by atoms with Crippen LogP contribution in [-0.2, 0) is 21.5 Å². The number of nitrogens with one attached hydrogen (secondary N) is 1. The molecule has 156 valence electrons. The van der Waals surface area contributed by atoms with Gasteiger partial charge >= 0.3 is 10.1 Å². The monoisotopic (exact) mass is 452 g/mol. The number of carbonyl (C=O) groups is 1. The molecular weight excluding hydrogens is 436 g/mol. The van der Waals surface area contributed by atoms with Gasteiger partial charge in [-0.2, -0.15) is 13.7 Å². The first-order valence-corrected chi connectivity index (χ1v) is 10.9. The van der Waals surface area contributed by atoms with E-state index in [1.807, 2.05) is 36.4 Å². The second-order valence-corrected chi connectivity index (χ2v) is 8.38. The molecule has 0 aromatic heterocycles. The molecule has 3 aromatic rings. The van der Waals surface area contributed by atoms with Crippen LogP contribution in [0.25, 0.3) is 6.08 Å². The van der Waals surface area contributed by atoms with Gasteiger partial charge < -0.3 is 9.50 Å². The molecule has 0 bridgehead atoms. The minimum Gasteiger partial charge on any atom is -0.379 e. The number of nitrogens with zero attached hydrogens (tertiary/aromatic N) is 1. The Bertz CT molecular complexity index is 1230. The van der Waals surface area contributed by atoms with Crippen LogP contribution in [-0.4, -0.2) is 14.3 Å². The molecule has 0 saturated carbocycles. The maximum atomic E-state index is 12.3. The summed E-state index contributed by atoms with van der Waals surface area (Å²) in [5.74, 6) is -0.406. The van der Waals surface area contributed by atoms with Gasteiger partial charge in [0.1, 0.15) is 22.3 Å². The molecule has 1 amide bonds. The van der Waals surface area contributed by atoms with E-state index in [9.17, 15) is 18.5 Å². The third kappa shape index (κ3) is 6.19. The standard InChI is InChI=1S/C23H17ClN2O4S/c24-20-8-12-22(13-9-20)31(28,29)30-21-10-6-17(7-11-21)14-19(15-25)23(27)26-16-18-4-2-1-3-5-18/h1-14H,16H2,(H,26,27)/b19-14+. The molecule has 0 atom stereocenters. The summed E-state index contributed by atoms with van der Waals surface area (Å²) >= 11 is 5.77. The lowest BCUT2D eigenvalue weighted by molar-refractivity contribution is -0.117. The van der Waals surface area contributed by atoms with Gasteiger partial charge in [0.25, 0.3) is 5.91 Å². The van der Waals surface area contributed by atoms with E-state index in [0.717, 1.165) is 5.56 Å². The summed E-state index contributed by atoms with van der Waals surface area (Å²) in [5, 5.41) is 12.4. The lowest BCUT2D eigenvalue weighted by Crippen LogP contribution is -2.23. The van der Waals surface area contributed by atoms with Crippen molar-refractivity contribution in [1.29, 1.82) is 5.26 Å². The molecule has 0 saturated heterocycles. The summed E-state index contributed by atoms with van der Waals surface area (Å²) in [6.07, 6.45) is 1.41. The van der Waals surface area contributed by atoms with Crippen LogP contribution in [0.5, 0.6) is 5.75 Å². The lowest BCUT2D eigenvalue weighted by atomic mass is 10.1. The summed E-state index contributed by atoms with van der Waals surface area (Å²) in [6, 6.07) is 22.8. The van der Waals surface area contributed by atoms with E-state index < -0.39 is 16.0 Å². The molecule has 0 fully saturated rings. The van der Waals surface area contributed by atoms with Gasteiger partial charge in [-0.15, -0.1) is 0 Å². The second kappa shape index (κ2) is 9.94.